The van der Waals surface area contributed by atoms with Gasteiger partial charge in [-0.25, -0.2) is 9.78 Å². The predicted octanol–water partition coefficient (Wildman–Crippen LogP) is 4.97. The fourth-order valence-electron chi connectivity index (χ4n) is 2.95. The minimum Gasteiger partial charge on any atom is -0.444 e. The SMILES string of the molecule is CC1/C=C/C=C\C=C(\c2nc3c(s2)CN(C(=O)OC(C)(C)C)CC3)C1. The van der Waals surface area contributed by atoms with E-state index >= 15 is 0 Å². The van der Waals surface area contributed by atoms with Gasteiger partial charge in [-0.15, -0.1) is 11.3 Å². The Morgan fingerprint density at radius 3 is 2.88 bits per heavy atom. The minimum atomic E-state index is -0.462. The number of rotatable bonds is 1. The van der Waals surface area contributed by atoms with Crippen LogP contribution in [0.5, 0.6) is 0 Å². The van der Waals surface area contributed by atoms with Gasteiger partial charge < -0.3 is 9.64 Å². The van der Waals surface area contributed by atoms with Gasteiger partial charge in [-0.1, -0.05) is 37.3 Å². The average molecular weight is 359 g/mol. The van der Waals surface area contributed by atoms with E-state index in [1.807, 2.05) is 20.8 Å². The molecule has 2 aliphatic rings. The van der Waals surface area contributed by atoms with Crippen LogP contribution >= 0.6 is 11.3 Å². The van der Waals surface area contributed by atoms with Crippen LogP contribution in [0, 0.1) is 5.92 Å². The fraction of sp³-hybridized carbons (Fsp3) is 0.500. The van der Waals surface area contributed by atoms with Crippen molar-refractivity contribution in [1.29, 1.82) is 0 Å². The van der Waals surface area contributed by atoms with Gasteiger partial charge in [-0.2, -0.15) is 0 Å². The molecule has 0 saturated carbocycles. The van der Waals surface area contributed by atoms with Gasteiger partial charge in [0.1, 0.15) is 10.6 Å². The highest BCUT2D eigenvalue weighted by Gasteiger charge is 2.28. The largest absolute Gasteiger partial charge is 0.444 e. The number of aromatic nitrogens is 1. The molecule has 0 saturated heterocycles. The van der Waals surface area contributed by atoms with Crippen LogP contribution in [-0.4, -0.2) is 28.1 Å². The molecule has 1 amide bonds. The number of allylic oxidation sites excluding steroid dienone is 6. The summed E-state index contributed by atoms with van der Waals surface area (Å²) in [4.78, 5) is 20.1. The zero-order chi connectivity index (χ0) is 18.0. The van der Waals surface area contributed by atoms with E-state index in [0.29, 0.717) is 19.0 Å². The Bertz CT molecular complexity index is 737. The first-order valence-electron chi connectivity index (χ1n) is 8.83. The van der Waals surface area contributed by atoms with Crippen molar-refractivity contribution in [2.75, 3.05) is 6.54 Å². The van der Waals surface area contributed by atoms with Crippen molar-refractivity contribution >= 4 is 23.0 Å². The van der Waals surface area contributed by atoms with Crippen molar-refractivity contribution in [2.45, 2.75) is 52.7 Å². The molecule has 0 bridgehead atoms. The topological polar surface area (TPSA) is 42.4 Å². The Hall–Kier alpha value is -1.88. The van der Waals surface area contributed by atoms with Gasteiger partial charge in [0.25, 0.3) is 0 Å². The molecule has 0 spiro atoms. The van der Waals surface area contributed by atoms with Gasteiger partial charge in [0.2, 0.25) is 0 Å². The summed E-state index contributed by atoms with van der Waals surface area (Å²) >= 11 is 1.71. The lowest BCUT2D eigenvalue weighted by Gasteiger charge is -2.29. The maximum atomic E-state index is 12.3. The number of hydrogen-bond donors (Lipinski definition) is 0. The predicted molar refractivity (Wildman–Crippen MR) is 103 cm³/mol. The number of hydrogen-bond acceptors (Lipinski definition) is 4. The number of amides is 1. The summed E-state index contributed by atoms with van der Waals surface area (Å²) in [6, 6.07) is 0. The summed E-state index contributed by atoms with van der Waals surface area (Å²) in [5.74, 6) is 0.496. The first-order chi connectivity index (χ1) is 11.8. The number of thiazole rings is 1. The maximum Gasteiger partial charge on any atom is 0.410 e. The number of fused-ring (bicyclic) bond motifs is 1. The quantitative estimate of drug-likeness (QED) is 0.711. The molecule has 1 unspecified atom stereocenters. The molecule has 0 aromatic carbocycles. The van der Waals surface area contributed by atoms with Crippen LogP contribution in [0.1, 0.15) is 49.7 Å². The lowest BCUT2D eigenvalue weighted by Crippen LogP contribution is -2.39. The van der Waals surface area contributed by atoms with E-state index < -0.39 is 5.60 Å². The molecule has 134 valence electrons. The highest BCUT2D eigenvalue weighted by molar-refractivity contribution is 7.12. The van der Waals surface area contributed by atoms with Crippen molar-refractivity contribution in [3.8, 4) is 0 Å². The van der Waals surface area contributed by atoms with E-state index in [9.17, 15) is 4.79 Å². The normalized spacial score (nSPS) is 25.2. The van der Waals surface area contributed by atoms with Gasteiger partial charge in [-0.05, 0) is 38.7 Å². The van der Waals surface area contributed by atoms with Gasteiger partial charge in [0, 0.05) is 17.8 Å². The van der Waals surface area contributed by atoms with Crippen LogP contribution in [0.4, 0.5) is 4.79 Å². The highest BCUT2D eigenvalue weighted by Crippen LogP contribution is 2.33. The van der Waals surface area contributed by atoms with E-state index in [2.05, 4.69) is 37.3 Å². The maximum absolute atomic E-state index is 12.3. The molecule has 2 heterocycles. The molecular formula is C20H26N2O2S. The third-order valence-electron chi connectivity index (χ3n) is 4.16. The van der Waals surface area contributed by atoms with Crippen molar-refractivity contribution < 1.29 is 9.53 Å². The summed E-state index contributed by atoms with van der Waals surface area (Å²) in [7, 11) is 0. The Morgan fingerprint density at radius 1 is 1.32 bits per heavy atom. The van der Waals surface area contributed by atoms with E-state index in [1.54, 1.807) is 16.2 Å². The molecule has 0 fully saturated rings. The summed E-state index contributed by atoms with van der Waals surface area (Å²) in [5, 5.41) is 1.09. The Morgan fingerprint density at radius 2 is 2.12 bits per heavy atom. The minimum absolute atomic E-state index is 0.236. The second kappa shape index (κ2) is 7.16. The van der Waals surface area contributed by atoms with E-state index in [0.717, 1.165) is 23.5 Å². The lowest BCUT2D eigenvalue weighted by atomic mass is 9.99. The molecular weight excluding hydrogens is 332 g/mol. The van der Waals surface area contributed by atoms with Gasteiger partial charge in [-0.3, -0.25) is 0 Å². The van der Waals surface area contributed by atoms with Crippen LogP contribution in [0.15, 0.2) is 30.4 Å². The first-order valence-corrected chi connectivity index (χ1v) is 9.64. The summed E-state index contributed by atoms with van der Waals surface area (Å²) in [5.41, 5.74) is 1.95. The van der Waals surface area contributed by atoms with Gasteiger partial charge in [0.15, 0.2) is 0 Å². The van der Waals surface area contributed by atoms with Crippen LogP contribution < -0.4 is 0 Å². The third-order valence-corrected chi connectivity index (χ3v) is 5.32. The van der Waals surface area contributed by atoms with E-state index in [-0.39, 0.29) is 6.09 Å². The standard InChI is InChI=1S/C20H26N2O2S/c1-14-8-6-5-7-9-15(12-14)18-21-16-10-11-22(13-17(16)25-18)19(23)24-20(2,3)4/h5-9,14H,10-13H2,1-4H3/b7-5-,8-6+,15-9+. The van der Waals surface area contributed by atoms with Crippen molar-refractivity contribution in [3.63, 3.8) is 0 Å². The molecule has 1 atom stereocenters. The number of nitrogens with zero attached hydrogens (tertiary/aromatic N) is 2. The summed E-state index contributed by atoms with van der Waals surface area (Å²) in [6.07, 6.45) is 12.2. The van der Waals surface area contributed by atoms with Gasteiger partial charge in [0.05, 0.1) is 12.2 Å². The fourth-order valence-corrected chi connectivity index (χ4v) is 4.10. The smallest absolute Gasteiger partial charge is 0.410 e. The molecule has 1 aromatic heterocycles. The Labute approximate surface area is 153 Å². The van der Waals surface area contributed by atoms with Crippen LogP contribution in [0.25, 0.3) is 5.57 Å². The third kappa shape index (κ3) is 4.60. The second-order valence-electron chi connectivity index (χ2n) is 7.68. The molecule has 1 aliphatic carbocycles. The molecule has 4 nitrogen and oxygen atoms in total. The molecule has 0 radical (unpaired) electrons. The van der Waals surface area contributed by atoms with Crippen molar-refractivity contribution in [3.05, 3.63) is 46.0 Å². The van der Waals surface area contributed by atoms with E-state index in [1.165, 1.54) is 10.5 Å². The Balaban J connectivity index is 1.76. The zero-order valence-electron chi connectivity index (χ0n) is 15.4. The van der Waals surface area contributed by atoms with Crippen molar-refractivity contribution in [2.24, 2.45) is 5.92 Å². The first kappa shape index (κ1) is 17.9. The van der Waals surface area contributed by atoms with Crippen LogP contribution in [0.2, 0.25) is 0 Å². The summed E-state index contributed by atoms with van der Waals surface area (Å²) in [6.45, 7) is 9.19. The zero-order valence-corrected chi connectivity index (χ0v) is 16.2. The van der Waals surface area contributed by atoms with E-state index in [4.69, 9.17) is 9.72 Å². The van der Waals surface area contributed by atoms with Crippen LogP contribution in [-0.2, 0) is 17.7 Å². The number of carbonyl (C=O) groups is 1. The molecule has 1 aromatic rings. The molecule has 25 heavy (non-hydrogen) atoms. The number of ether oxygens (including phenoxy) is 1. The lowest BCUT2D eigenvalue weighted by molar-refractivity contribution is 0.0225. The second-order valence-corrected chi connectivity index (χ2v) is 8.77. The molecule has 1 aliphatic heterocycles. The monoisotopic (exact) mass is 358 g/mol. The summed E-state index contributed by atoms with van der Waals surface area (Å²) < 4.78 is 5.50. The highest BCUT2D eigenvalue weighted by atomic mass is 32.1. The molecule has 3 rings (SSSR count). The molecule has 5 heteroatoms. The van der Waals surface area contributed by atoms with Crippen molar-refractivity contribution in [1.82, 2.24) is 9.88 Å². The number of carbonyl (C=O) groups excluding carboxylic acids is 1. The average Bonchev–Trinajstić information content (AvgIpc) is 2.91. The molecule has 0 N–H and O–H groups in total. The van der Waals surface area contributed by atoms with Crippen LogP contribution in [0.3, 0.4) is 0 Å². The van der Waals surface area contributed by atoms with Gasteiger partial charge >= 0.3 is 6.09 Å². The Kier molecular flexibility index (Phi) is 5.13.